The summed E-state index contributed by atoms with van der Waals surface area (Å²) in [6, 6.07) is 5.67. The van der Waals surface area contributed by atoms with Gasteiger partial charge in [0.15, 0.2) is 0 Å². The van der Waals surface area contributed by atoms with Crippen LogP contribution >= 0.6 is 0 Å². The zero-order valence-electron chi connectivity index (χ0n) is 9.19. The topological polar surface area (TPSA) is 49.4 Å². The van der Waals surface area contributed by atoms with Crippen LogP contribution in [-0.4, -0.2) is 19.4 Å². The molecular formula is C12H14N2O2. The molecule has 0 aliphatic carbocycles. The largest absolute Gasteiger partial charge is 0.329 e. The number of nitrogens with one attached hydrogen (secondary N) is 1. The standard InChI is InChI=1S/C12H14N2O2/c1-14-11-7-10(13-8-15)6-5-9(11)3-2-4-12(14)16/h5-8H,2-4H2,1H3,(H,13,15). The molecule has 2 amide bonds. The Morgan fingerprint density at radius 1 is 1.38 bits per heavy atom. The molecule has 1 N–H and O–H groups in total. The van der Waals surface area contributed by atoms with Gasteiger partial charge in [0.05, 0.1) is 0 Å². The molecule has 0 radical (unpaired) electrons. The average Bonchev–Trinajstić information content (AvgIpc) is 2.42. The number of anilines is 2. The van der Waals surface area contributed by atoms with Crippen LogP contribution in [0, 0.1) is 0 Å². The summed E-state index contributed by atoms with van der Waals surface area (Å²) < 4.78 is 0. The van der Waals surface area contributed by atoms with Gasteiger partial charge in [-0.3, -0.25) is 9.59 Å². The van der Waals surface area contributed by atoms with Crippen molar-refractivity contribution in [1.82, 2.24) is 0 Å². The molecule has 0 atom stereocenters. The lowest BCUT2D eigenvalue weighted by Crippen LogP contribution is -2.25. The Balaban J connectivity index is 2.41. The fourth-order valence-electron chi connectivity index (χ4n) is 1.98. The van der Waals surface area contributed by atoms with Crippen molar-refractivity contribution in [3.63, 3.8) is 0 Å². The maximum Gasteiger partial charge on any atom is 0.226 e. The van der Waals surface area contributed by atoms with Crippen LogP contribution in [0.2, 0.25) is 0 Å². The van der Waals surface area contributed by atoms with Gasteiger partial charge >= 0.3 is 0 Å². The van der Waals surface area contributed by atoms with Gasteiger partial charge in [-0.05, 0) is 30.5 Å². The van der Waals surface area contributed by atoms with E-state index < -0.39 is 0 Å². The molecule has 2 rings (SSSR count). The zero-order chi connectivity index (χ0) is 11.5. The van der Waals surface area contributed by atoms with E-state index in [0.29, 0.717) is 12.8 Å². The lowest BCUT2D eigenvalue weighted by molar-refractivity contribution is -0.118. The molecule has 0 unspecified atom stereocenters. The van der Waals surface area contributed by atoms with Crippen LogP contribution in [0.15, 0.2) is 18.2 Å². The van der Waals surface area contributed by atoms with Crippen molar-refractivity contribution in [2.45, 2.75) is 19.3 Å². The monoisotopic (exact) mass is 218 g/mol. The molecule has 4 nitrogen and oxygen atoms in total. The minimum absolute atomic E-state index is 0.127. The number of amides is 2. The Labute approximate surface area is 94.2 Å². The third-order valence-electron chi connectivity index (χ3n) is 2.88. The molecule has 1 aliphatic heterocycles. The average molecular weight is 218 g/mol. The van der Waals surface area contributed by atoms with E-state index in [0.717, 1.165) is 29.8 Å². The van der Waals surface area contributed by atoms with E-state index >= 15 is 0 Å². The molecule has 1 aromatic carbocycles. The Morgan fingerprint density at radius 3 is 2.94 bits per heavy atom. The second-order valence-corrected chi connectivity index (χ2v) is 3.91. The first-order valence-electron chi connectivity index (χ1n) is 5.32. The van der Waals surface area contributed by atoms with Gasteiger partial charge in [-0.15, -0.1) is 0 Å². The molecule has 0 fully saturated rings. The number of hydrogen-bond donors (Lipinski definition) is 1. The molecule has 0 saturated heterocycles. The maximum atomic E-state index is 11.7. The van der Waals surface area contributed by atoms with Crippen LogP contribution in [0.4, 0.5) is 11.4 Å². The summed E-state index contributed by atoms with van der Waals surface area (Å²) in [7, 11) is 1.77. The number of fused-ring (bicyclic) bond motifs is 1. The summed E-state index contributed by atoms with van der Waals surface area (Å²) in [6.07, 6.45) is 3.02. The van der Waals surface area contributed by atoms with Crippen LogP contribution in [0.5, 0.6) is 0 Å². The first-order valence-corrected chi connectivity index (χ1v) is 5.32. The minimum Gasteiger partial charge on any atom is -0.329 e. The summed E-state index contributed by atoms with van der Waals surface area (Å²) in [5.41, 5.74) is 2.77. The van der Waals surface area contributed by atoms with Crippen molar-refractivity contribution < 1.29 is 9.59 Å². The van der Waals surface area contributed by atoms with E-state index in [1.54, 1.807) is 11.9 Å². The summed E-state index contributed by atoms with van der Waals surface area (Å²) in [4.78, 5) is 23.7. The Bertz CT molecular complexity index is 429. The van der Waals surface area contributed by atoms with Gasteiger partial charge in [0.1, 0.15) is 0 Å². The molecule has 84 valence electrons. The molecule has 0 aromatic heterocycles. The molecule has 16 heavy (non-hydrogen) atoms. The predicted octanol–water partition coefficient (Wildman–Crippen LogP) is 1.55. The van der Waals surface area contributed by atoms with Gasteiger partial charge in [0, 0.05) is 24.8 Å². The van der Waals surface area contributed by atoms with Crippen molar-refractivity contribution >= 4 is 23.7 Å². The molecular weight excluding hydrogens is 204 g/mol. The summed E-state index contributed by atoms with van der Waals surface area (Å²) in [6.45, 7) is 0. The van der Waals surface area contributed by atoms with Crippen LogP contribution in [0.25, 0.3) is 0 Å². The highest BCUT2D eigenvalue weighted by atomic mass is 16.2. The van der Waals surface area contributed by atoms with Crippen LogP contribution in [-0.2, 0) is 16.0 Å². The molecule has 0 spiro atoms. The van der Waals surface area contributed by atoms with Crippen LogP contribution < -0.4 is 10.2 Å². The summed E-state index contributed by atoms with van der Waals surface area (Å²) >= 11 is 0. The van der Waals surface area contributed by atoms with Gasteiger partial charge in [0.2, 0.25) is 12.3 Å². The molecule has 0 bridgehead atoms. The lowest BCUT2D eigenvalue weighted by Gasteiger charge is -2.18. The maximum absolute atomic E-state index is 11.7. The van der Waals surface area contributed by atoms with Gasteiger partial charge in [-0.25, -0.2) is 0 Å². The van der Waals surface area contributed by atoms with E-state index in [1.165, 1.54) is 0 Å². The second kappa shape index (κ2) is 4.35. The predicted molar refractivity (Wildman–Crippen MR) is 62.5 cm³/mol. The first kappa shape index (κ1) is 10.7. The molecule has 0 saturated carbocycles. The third-order valence-corrected chi connectivity index (χ3v) is 2.88. The van der Waals surface area contributed by atoms with Gasteiger partial charge < -0.3 is 10.2 Å². The number of carbonyl (C=O) groups is 2. The summed E-state index contributed by atoms with van der Waals surface area (Å²) in [5, 5.41) is 2.59. The van der Waals surface area contributed by atoms with E-state index in [1.807, 2.05) is 18.2 Å². The molecule has 4 heteroatoms. The highest BCUT2D eigenvalue weighted by molar-refractivity contribution is 5.95. The molecule has 1 heterocycles. The number of aryl methyl sites for hydroxylation is 1. The number of benzene rings is 1. The fourth-order valence-corrected chi connectivity index (χ4v) is 1.98. The second-order valence-electron chi connectivity index (χ2n) is 3.91. The zero-order valence-corrected chi connectivity index (χ0v) is 9.19. The number of hydrogen-bond acceptors (Lipinski definition) is 2. The first-order chi connectivity index (χ1) is 7.72. The Hall–Kier alpha value is -1.84. The minimum atomic E-state index is 0.127. The fraction of sp³-hybridized carbons (Fsp3) is 0.333. The van der Waals surface area contributed by atoms with Crippen LogP contribution in [0.3, 0.4) is 0 Å². The SMILES string of the molecule is CN1C(=O)CCCc2ccc(NC=O)cc21. The van der Waals surface area contributed by atoms with Crippen molar-refractivity contribution in [2.24, 2.45) is 0 Å². The van der Waals surface area contributed by atoms with E-state index in [2.05, 4.69) is 5.32 Å². The lowest BCUT2D eigenvalue weighted by atomic mass is 10.1. The van der Waals surface area contributed by atoms with Crippen molar-refractivity contribution in [3.8, 4) is 0 Å². The van der Waals surface area contributed by atoms with Gasteiger partial charge in [0.25, 0.3) is 0 Å². The quantitative estimate of drug-likeness (QED) is 0.766. The van der Waals surface area contributed by atoms with E-state index in [9.17, 15) is 9.59 Å². The Morgan fingerprint density at radius 2 is 2.19 bits per heavy atom. The van der Waals surface area contributed by atoms with E-state index in [4.69, 9.17) is 0 Å². The van der Waals surface area contributed by atoms with Crippen molar-refractivity contribution in [2.75, 3.05) is 17.3 Å². The smallest absolute Gasteiger partial charge is 0.226 e. The highest BCUT2D eigenvalue weighted by Gasteiger charge is 2.18. The highest BCUT2D eigenvalue weighted by Crippen LogP contribution is 2.28. The number of rotatable bonds is 2. The van der Waals surface area contributed by atoms with Crippen LogP contribution in [0.1, 0.15) is 18.4 Å². The van der Waals surface area contributed by atoms with Gasteiger partial charge in [-0.2, -0.15) is 0 Å². The normalized spacial score (nSPS) is 15.3. The molecule has 1 aromatic rings. The van der Waals surface area contributed by atoms with Crippen molar-refractivity contribution in [1.29, 1.82) is 0 Å². The van der Waals surface area contributed by atoms with E-state index in [-0.39, 0.29) is 5.91 Å². The third kappa shape index (κ3) is 1.91. The summed E-state index contributed by atoms with van der Waals surface area (Å²) in [5.74, 6) is 0.127. The van der Waals surface area contributed by atoms with Gasteiger partial charge in [-0.1, -0.05) is 6.07 Å². The molecule has 1 aliphatic rings. The number of carbonyl (C=O) groups excluding carboxylic acids is 2. The Kier molecular flexibility index (Phi) is 2.90. The van der Waals surface area contributed by atoms with Crippen molar-refractivity contribution in [3.05, 3.63) is 23.8 Å². The number of nitrogens with zero attached hydrogens (tertiary/aromatic N) is 1.